The van der Waals surface area contributed by atoms with E-state index in [1.165, 1.54) is 22.3 Å². The van der Waals surface area contributed by atoms with Crippen LogP contribution < -0.4 is 19.3 Å². The quantitative estimate of drug-likeness (QED) is 0.102. The van der Waals surface area contributed by atoms with E-state index in [0.717, 1.165) is 84.5 Å². The molecule has 0 heterocycles. The molecule has 0 atom stereocenters. The lowest BCUT2D eigenvalue weighted by Crippen LogP contribution is -2.10. The molecule has 0 unspecified atom stereocenters. The molecule has 0 aliphatic carbocycles. The van der Waals surface area contributed by atoms with E-state index in [2.05, 4.69) is 183 Å². The molecular weight excluding hydrogens is 613 g/mol. The fraction of sp³-hybridized carbons (Fsp3) is 0.217. The number of ether oxygens (including phenoxy) is 2. The lowest BCUT2D eigenvalue weighted by molar-refractivity contribution is 0.309. The molecule has 6 aromatic carbocycles. The molecule has 0 fully saturated rings. The number of aryl methyl sites for hydroxylation is 2. The van der Waals surface area contributed by atoms with E-state index in [-0.39, 0.29) is 0 Å². The fourth-order valence-corrected chi connectivity index (χ4v) is 5.94. The minimum absolute atomic E-state index is 0.742. The van der Waals surface area contributed by atoms with Crippen LogP contribution in [0, 0.1) is 13.8 Å². The van der Waals surface area contributed by atoms with Gasteiger partial charge in [0.1, 0.15) is 11.5 Å². The SMILES string of the molecule is CCCCOc1ccc(N(c2ccc(C)cc2)c2ccc(-c3ccc(N(c4ccc(C)cc4)c4ccc(OCCCC)cc4)cc3)cc2)cc1. The minimum atomic E-state index is 0.742. The second kappa shape index (κ2) is 16.8. The van der Waals surface area contributed by atoms with Gasteiger partial charge < -0.3 is 19.3 Å². The van der Waals surface area contributed by atoms with Crippen LogP contribution in [0.1, 0.15) is 50.7 Å². The third kappa shape index (κ3) is 8.56. The van der Waals surface area contributed by atoms with Crippen LogP contribution in [0.5, 0.6) is 11.5 Å². The molecule has 6 rings (SSSR count). The molecule has 0 saturated heterocycles. The zero-order valence-electron chi connectivity index (χ0n) is 29.8. The zero-order chi connectivity index (χ0) is 34.7. The maximum atomic E-state index is 5.95. The summed E-state index contributed by atoms with van der Waals surface area (Å²) in [6, 6.07) is 51.9. The van der Waals surface area contributed by atoms with Gasteiger partial charge >= 0.3 is 0 Å². The normalized spacial score (nSPS) is 10.9. The highest BCUT2D eigenvalue weighted by molar-refractivity contribution is 5.81. The Balaban J connectivity index is 1.26. The highest BCUT2D eigenvalue weighted by Crippen LogP contribution is 2.39. The van der Waals surface area contributed by atoms with Crippen molar-refractivity contribution >= 4 is 34.1 Å². The van der Waals surface area contributed by atoms with Crippen molar-refractivity contribution in [3.05, 3.63) is 157 Å². The smallest absolute Gasteiger partial charge is 0.119 e. The average Bonchev–Trinajstić information content (AvgIpc) is 3.15. The van der Waals surface area contributed by atoms with E-state index in [9.17, 15) is 0 Å². The highest BCUT2D eigenvalue weighted by atomic mass is 16.5. The Morgan fingerprint density at radius 2 is 0.620 bits per heavy atom. The number of nitrogens with zero attached hydrogens (tertiary/aromatic N) is 2. The summed E-state index contributed by atoms with van der Waals surface area (Å²) in [6.07, 6.45) is 4.35. The fourth-order valence-electron chi connectivity index (χ4n) is 5.94. The topological polar surface area (TPSA) is 24.9 Å². The summed E-state index contributed by atoms with van der Waals surface area (Å²) in [6.45, 7) is 10.1. The number of unbranched alkanes of at least 4 members (excludes halogenated alkanes) is 2. The van der Waals surface area contributed by atoms with Gasteiger partial charge in [0.25, 0.3) is 0 Å². The standard InChI is InChI=1S/C46H48N2O2/c1-5-7-33-49-45-29-25-43(26-30-45)47(39-17-9-35(3)10-18-39)41-21-13-37(14-22-41)38-15-23-42(24-16-38)48(40-19-11-36(4)12-20-40)44-27-31-46(32-28-44)50-34-8-6-2/h9-32H,5-8,33-34H2,1-4H3. The van der Waals surface area contributed by atoms with Gasteiger partial charge in [-0.2, -0.15) is 0 Å². The first kappa shape index (κ1) is 34.4. The van der Waals surface area contributed by atoms with Gasteiger partial charge in [-0.3, -0.25) is 0 Å². The van der Waals surface area contributed by atoms with Gasteiger partial charge in [0, 0.05) is 34.1 Å². The van der Waals surface area contributed by atoms with Crippen LogP contribution in [-0.4, -0.2) is 13.2 Å². The molecule has 4 nitrogen and oxygen atoms in total. The lowest BCUT2D eigenvalue weighted by Gasteiger charge is -2.26. The number of benzene rings is 6. The van der Waals surface area contributed by atoms with Crippen molar-refractivity contribution in [3.8, 4) is 22.6 Å². The molecule has 0 aliphatic rings. The molecule has 254 valence electrons. The Kier molecular flexibility index (Phi) is 11.5. The van der Waals surface area contributed by atoms with Crippen LogP contribution in [0.3, 0.4) is 0 Å². The summed E-state index contributed by atoms with van der Waals surface area (Å²) in [7, 11) is 0. The molecule has 0 bridgehead atoms. The molecule has 0 aromatic heterocycles. The molecule has 0 saturated carbocycles. The maximum absolute atomic E-state index is 5.95. The summed E-state index contributed by atoms with van der Waals surface area (Å²) in [4.78, 5) is 4.59. The molecular formula is C46H48N2O2. The number of hydrogen-bond acceptors (Lipinski definition) is 4. The molecule has 0 aliphatic heterocycles. The summed E-state index contributed by atoms with van der Waals surface area (Å²) < 4.78 is 11.9. The van der Waals surface area contributed by atoms with Crippen LogP contribution in [0.25, 0.3) is 11.1 Å². The van der Waals surface area contributed by atoms with Gasteiger partial charge in [-0.05, 0) is 135 Å². The van der Waals surface area contributed by atoms with Crippen molar-refractivity contribution in [1.82, 2.24) is 0 Å². The monoisotopic (exact) mass is 660 g/mol. The predicted octanol–water partition coefficient (Wildman–Crippen LogP) is 13.3. The van der Waals surface area contributed by atoms with Crippen molar-refractivity contribution in [2.45, 2.75) is 53.4 Å². The summed E-state index contributed by atoms with van der Waals surface area (Å²) >= 11 is 0. The molecule has 50 heavy (non-hydrogen) atoms. The average molecular weight is 661 g/mol. The number of hydrogen-bond donors (Lipinski definition) is 0. The van der Waals surface area contributed by atoms with Crippen molar-refractivity contribution in [2.24, 2.45) is 0 Å². The van der Waals surface area contributed by atoms with E-state index in [4.69, 9.17) is 9.47 Å². The van der Waals surface area contributed by atoms with Crippen molar-refractivity contribution in [3.63, 3.8) is 0 Å². The second-order valence-corrected chi connectivity index (χ2v) is 12.8. The number of rotatable bonds is 15. The molecule has 4 heteroatoms. The Bertz CT molecular complexity index is 1750. The zero-order valence-corrected chi connectivity index (χ0v) is 29.8. The first-order valence-electron chi connectivity index (χ1n) is 17.9. The summed E-state index contributed by atoms with van der Waals surface area (Å²) in [5.41, 5.74) is 11.4. The summed E-state index contributed by atoms with van der Waals surface area (Å²) in [5.74, 6) is 1.80. The van der Waals surface area contributed by atoms with E-state index >= 15 is 0 Å². The highest BCUT2D eigenvalue weighted by Gasteiger charge is 2.15. The van der Waals surface area contributed by atoms with Crippen molar-refractivity contribution in [1.29, 1.82) is 0 Å². The first-order valence-corrected chi connectivity index (χ1v) is 17.9. The Morgan fingerprint density at radius 3 is 0.900 bits per heavy atom. The third-order valence-electron chi connectivity index (χ3n) is 8.89. The van der Waals surface area contributed by atoms with Crippen LogP contribution in [0.2, 0.25) is 0 Å². The molecule has 6 aromatic rings. The van der Waals surface area contributed by atoms with Gasteiger partial charge in [-0.1, -0.05) is 86.3 Å². The maximum Gasteiger partial charge on any atom is 0.119 e. The molecule has 0 radical (unpaired) electrons. The molecule has 0 amide bonds. The van der Waals surface area contributed by atoms with E-state index in [1.807, 2.05) is 0 Å². The third-order valence-corrected chi connectivity index (χ3v) is 8.89. The van der Waals surface area contributed by atoms with Gasteiger partial charge in [0.15, 0.2) is 0 Å². The van der Waals surface area contributed by atoms with Crippen LogP contribution in [0.15, 0.2) is 146 Å². The van der Waals surface area contributed by atoms with Gasteiger partial charge in [-0.15, -0.1) is 0 Å². The van der Waals surface area contributed by atoms with E-state index in [1.54, 1.807) is 0 Å². The van der Waals surface area contributed by atoms with Crippen molar-refractivity contribution < 1.29 is 9.47 Å². The largest absolute Gasteiger partial charge is 0.494 e. The Labute approximate surface area is 298 Å². The summed E-state index contributed by atoms with van der Waals surface area (Å²) in [5, 5.41) is 0. The minimum Gasteiger partial charge on any atom is -0.494 e. The molecule has 0 N–H and O–H groups in total. The van der Waals surface area contributed by atoms with Crippen LogP contribution in [0.4, 0.5) is 34.1 Å². The van der Waals surface area contributed by atoms with Gasteiger partial charge in [0.2, 0.25) is 0 Å². The Hall–Kier alpha value is -5.48. The van der Waals surface area contributed by atoms with Gasteiger partial charge in [0.05, 0.1) is 13.2 Å². The van der Waals surface area contributed by atoms with Crippen LogP contribution >= 0.6 is 0 Å². The van der Waals surface area contributed by atoms with Crippen molar-refractivity contribution in [2.75, 3.05) is 23.0 Å². The second-order valence-electron chi connectivity index (χ2n) is 12.8. The van der Waals surface area contributed by atoms with Crippen LogP contribution in [-0.2, 0) is 0 Å². The Morgan fingerprint density at radius 1 is 0.360 bits per heavy atom. The lowest BCUT2D eigenvalue weighted by atomic mass is 10.0. The van der Waals surface area contributed by atoms with E-state index < -0.39 is 0 Å². The van der Waals surface area contributed by atoms with E-state index in [0.29, 0.717) is 0 Å². The predicted molar refractivity (Wildman–Crippen MR) is 212 cm³/mol. The molecule has 0 spiro atoms. The first-order chi connectivity index (χ1) is 24.5. The number of anilines is 6. The van der Waals surface area contributed by atoms with Gasteiger partial charge in [-0.25, -0.2) is 0 Å².